The smallest absolute Gasteiger partial charge is 0.258 e. The van der Waals surface area contributed by atoms with E-state index in [1.54, 1.807) is 20.8 Å². The molecule has 0 aliphatic carbocycles. The molecule has 7 heteroatoms. The minimum atomic E-state index is -3.87. The summed E-state index contributed by atoms with van der Waals surface area (Å²) in [6, 6.07) is 1.06. The van der Waals surface area contributed by atoms with E-state index >= 15 is 0 Å². The minimum Gasteiger partial charge on any atom is -0.258 e. The van der Waals surface area contributed by atoms with Gasteiger partial charge in [0.25, 0.3) is 5.69 Å². The molecule has 0 spiro atoms. The van der Waals surface area contributed by atoms with Gasteiger partial charge in [0.1, 0.15) is 0 Å². The van der Waals surface area contributed by atoms with Crippen molar-refractivity contribution in [3.8, 4) is 12.3 Å². The average Bonchev–Trinajstić information content (AvgIpc) is 2.25. The molecule has 114 valence electrons. The van der Waals surface area contributed by atoms with Crippen molar-refractivity contribution in [1.82, 2.24) is 4.72 Å². The maximum Gasteiger partial charge on any atom is 0.276 e. The highest BCUT2D eigenvalue weighted by Gasteiger charge is 2.28. The molecule has 0 aliphatic rings. The summed E-state index contributed by atoms with van der Waals surface area (Å²) in [7, 11) is -3.87. The van der Waals surface area contributed by atoms with Crippen LogP contribution in [-0.2, 0) is 10.0 Å². The van der Waals surface area contributed by atoms with Crippen LogP contribution in [0.15, 0.2) is 11.0 Å². The van der Waals surface area contributed by atoms with Crippen LogP contribution < -0.4 is 4.72 Å². The Bertz CT molecular complexity index is 717. The molecular formula is C14H18N2O4S. The van der Waals surface area contributed by atoms with Crippen molar-refractivity contribution in [3.63, 3.8) is 0 Å². The van der Waals surface area contributed by atoms with Crippen molar-refractivity contribution >= 4 is 15.7 Å². The van der Waals surface area contributed by atoms with Gasteiger partial charge >= 0.3 is 0 Å². The highest BCUT2D eigenvalue weighted by Crippen LogP contribution is 2.31. The van der Waals surface area contributed by atoms with Gasteiger partial charge in [0, 0.05) is 23.6 Å². The normalized spacial score (nSPS) is 12.7. The lowest BCUT2D eigenvalue weighted by Gasteiger charge is -2.16. The van der Waals surface area contributed by atoms with Crippen LogP contribution in [0.3, 0.4) is 0 Å². The quantitative estimate of drug-likeness (QED) is 0.513. The molecule has 0 amide bonds. The van der Waals surface area contributed by atoms with Crippen molar-refractivity contribution in [2.75, 3.05) is 0 Å². The van der Waals surface area contributed by atoms with Crippen molar-refractivity contribution in [1.29, 1.82) is 0 Å². The lowest BCUT2D eigenvalue weighted by atomic mass is 10.1. The van der Waals surface area contributed by atoms with E-state index in [0.717, 1.165) is 0 Å². The third-order valence-electron chi connectivity index (χ3n) is 3.09. The Morgan fingerprint density at radius 2 is 1.95 bits per heavy atom. The predicted octanol–water partition coefficient (Wildman–Crippen LogP) is 2.21. The fourth-order valence-electron chi connectivity index (χ4n) is 2.39. The molecule has 0 heterocycles. The first-order valence-electron chi connectivity index (χ1n) is 6.32. The van der Waals surface area contributed by atoms with Gasteiger partial charge in [0.2, 0.25) is 10.0 Å². The third-order valence-corrected chi connectivity index (χ3v) is 4.97. The molecule has 1 atom stereocenters. The SMILES string of the molecule is C#CCC(C)NS(=O)(=O)c1c(C)cc(C)c([N+](=O)[O-])c1C. The van der Waals surface area contributed by atoms with Crippen LogP contribution in [0.4, 0.5) is 5.69 Å². The van der Waals surface area contributed by atoms with E-state index in [9.17, 15) is 18.5 Å². The Kier molecular flexibility index (Phi) is 5.10. The summed E-state index contributed by atoms with van der Waals surface area (Å²) in [5, 5.41) is 11.1. The number of terminal acetylenes is 1. The van der Waals surface area contributed by atoms with Crippen molar-refractivity contribution < 1.29 is 13.3 Å². The van der Waals surface area contributed by atoms with Crippen LogP contribution in [0.2, 0.25) is 0 Å². The summed E-state index contributed by atoms with van der Waals surface area (Å²) in [5.41, 5.74) is 0.866. The number of benzene rings is 1. The highest BCUT2D eigenvalue weighted by atomic mass is 32.2. The number of nitrogens with one attached hydrogen (secondary N) is 1. The fraction of sp³-hybridized carbons (Fsp3) is 0.429. The molecule has 21 heavy (non-hydrogen) atoms. The van der Waals surface area contributed by atoms with Crippen molar-refractivity contribution in [2.24, 2.45) is 0 Å². The monoisotopic (exact) mass is 310 g/mol. The molecule has 1 rings (SSSR count). The standard InChI is InChI=1S/C14H18N2O4S/c1-6-7-11(4)15-21(19,20)14-10(3)8-9(2)13(12(14)5)16(17)18/h1,8,11,15H,7H2,2-5H3. The number of sulfonamides is 1. The van der Waals surface area contributed by atoms with Crippen LogP contribution in [0.1, 0.15) is 30.0 Å². The summed E-state index contributed by atoms with van der Waals surface area (Å²) in [4.78, 5) is 10.5. The number of rotatable bonds is 5. The van der Waals surface area contributed by atoms with E-state index in [-0.39, 0.29) is 22.6 Å². The molecule has 0 saturated carbocycles. The first kappa shape index (κ1) is 17.1. The fourth-order valence-corrected chi connectivity index (χ4v) is 4.11. The van der Waals surface area contributed by atoms with Gasteiger partial charge in [0.15, 0.2) is 0 Å². The number of hydrogen-bond acceptors (Lipinski definition) is 4. The van der Waals surface area contributed by atoms with Gasteiger partial charge in [-0.05, 0) is 39.3 Å². The number of nitro groups is 1. The van der Waals surface area contributed by atoms with Gasteiger partial charge in [-0.25, -0.2) is 13.1 Å². The lowest BCUT2D eigenvalue weighted by Crippen LogP contribution is -2.33. The van der Waals surface area contributed by atoms with Crippen LogP contribution in [-0.4, -0.2) is 19.4 Å². The van der Waals surface area contributed by atoms with Crippen LogP contribution in [0.25, 0.3) is 0 Å². The number of hydrogen-bond donors (Lipinski definition) is 1. The van der Waals surface area contributed by atoms with Gasteiger partial charge in [0.05, 0.1) is 9.82 Å². The average molecular weight is 310 g/mol. The molecule has 1 aromatic rings. The lowest BCUT2D eigenvalue weighted by molar-refractivity contribution is -0.386. The molecule has 0 saturated heterocycles. The van der Waals surface area contributed by atoms with Crippen LogP contribution in [0.5, 0.6) is 0 Å². The van der Waals surface area contributed by atoms with Gasteiger partial charge in [-0.1, -0.05) is 0 Å². The molecular weight excluding hydrogens is 292 g/mol. The Morgan fingerprint density at radius 3 is 2.43 bits per heavy atom. The van der Waals surface area contributed by atoms with E-state index in [1.165, 1.54) is 13.0 Å². The topological polar surface area (TPSA) is 89.3 Å². The van der Waals surface area contributed by atoms with E-state index in [4.69, 9.17) is 6.42 Å². The first-order chi connectivity index (χ1) is 9.61. The number of nitrogens with zero attached hydrogens (tertiary/aromatic N) is 1. The van der Waals surface area contributed by atoms with Crippen LogP contribution >= 0.6 is 0 Å². The molecule has 0 bridgehead atoms. The predicted molar refractivity (Wildman–Crippen MR) is 80.5 cm³/mol. The molecule has 0 fully saturated rings. The van der Waals surface area contributed by atoms with E-state index in [2.05, 4.69) is 10.6 Å². The largest absolute Gasteiger partial charge is 0.276 e. The zero-order valence-corrected chi connectivity index (χ0v) is 13.2. The van der Waals surface area contributed by atoms with Gasteiger partial charge in [-0.2, -0.15) is 0 Å². The zero-order chi connectivity index (χ0) is 16.4. The highest BCUT2D eigenvalue weighted by molar-refractivity contribution is 7.89. The van der Waals surface area contributed by atoms with E-state index < -0.39 is 21.0 Å². The van der Waals surface area contributed by atoms with Gasteiger partial charge in [-0.3, -0.25) is 10.1 Å². The summed E-state index contributed by atoms with van der Waals surface area (Å²) < 4.78 is 27.3. The Balaban J connectivity index is 3.47. The molecule has 1 N–H and O–H groups in total. The van der Waals surface area contributed by atoms with Crippen molar-refractivity contribution in [3.05, 3.63) is 32.9 Å². The molecule has 0 radical (unpaired) electrons. The van der Waals surface area contributed by atoms with Gasteiger partial charge in [-0.15, -0.1) is 12.3 Å². The Hall–Kier alpha value is -1.91. The minimum absolute atomic E-state index is 0.0522. The third kappa shape index (κ3) is 3.60. The maximum atomic E-state index is 12.4. The molecule has 1 unspecified atom stereocenters. The summed E-state index contributed by atoms with van der Waals surface area (Å²) in [6.45, 7) is 6.29. The van der Waals surface area contributed by atoms with E-state index in [1.807, 2.05) is 0 Å². The first-order valence-corrected chi connectivity index (χ1v) is 7.81. The van der Waals surface area contributed by atoms with E-state index in [0.29, 0.717) is 11.1 Å². The van der Waals surface area contributed by atoms with Crippen LogP contribution in [0, 0.1) is 43.2 Å². The molecule has 0 aromatic heterocycles. The molecule has 6 nitrogen and oxygen atoms in total. The number of aryl methyl sites for hydroxylation is 2. The second-order valence-corrected chi connectivity index (χ2v) is 6.65. The van der Waals surface area contributed by atoms with Gasteiger partial charge < -0.3 is 0 Å². The molecule has 0 aliphatic heterocycles. The summed E-state index contributed by atoms with van der Waals surface area (Å²) in [5.74, 6) is 2.37. The second-order valence-electron chi connectivity index (χ2n) is 5.00. The zero-order valence-electron chi connectivity index (χ0n) is 12.4. The molecule has 1 aromatic carbocycles. The summed E-state index contributed by atoms with van der Waals surface area (Å²) in [6.07, 6.45) is 5.40. The summed E-state index contributed by atoms with van der Waals surface area (Å²) >= 11 is 0. The Labute approximate surface area is 124 Å². The maximum absolute atomic E-state index is 12.4. The Morgan fingerprint density at radius 1 is 1.38 bits per heavy atom. The van der Waals surface area contributed by atoms with Crippen molar-refractivity contribution in [2.45, 2.75) is 45.1 Å². The number of nitro benzene ring substituents is 1. The second kappa shape index (κ2) is 6.24.